The number of esters is 1. The average Bonchev–Trinajstić information content (AvgIpc) is 2.48. The number of rotatable bonds is 4. The summed E-state index contributed by atoms with van der Waals surface area (Å²) in [6.45, 7) is 1.60. The van der Waals surface area contributed by atoms with Gasteiger partial charge < -0.3 is 15.0 Å². The minimum atomic E-state index is -0.549. The summed E-state index contributed by atoms with van der Waals surface area (Å²) in [6, 6.07) is 4.82. The minimum Gasteiger partial charge on any atom is -0.469 e. The van der Waals surface area contributed by atoms with Crippen molar-refractivity contribution in [1.29, 1.82) is 0 Å². The van der Waals surface area contributed by atoms with Gasteiger partial charge in [0, 0.05) is 18.0 Å². The first-order chi connectivity index (χ1) is 10.4. The van der Waals surface area contributed by atoms with Crippen LogP contribution in [0.4, 0.5) is 5.69 Å². The molecule has 2 aromatic rings. The van der Waals surface area contributed by atoms with Gasteiger partial charge in [0.2, 0.25) is 5.91 Å². The Morgan fingerprint density at radius 1 is 1.41 bits per heavy atom. The molecular weight excluding hydrogens is 308 g/mol. The Labute approximate surface area is 131 Å². The van der Waals surface area contributed by atoms with Crippen molar-refractivity contribution in [2.24, 2.45) is 5.92 Å². The molecule has 0 aliphatic rings. The van der Waals surface area contributed by atoms with Crippen molar-refractivity contribution >= 4 is 39.9 Å². The molecule has 1 heterocycles. The third-order valence-electron chi connectivity index (χ3n) is 3.23. The van der Waals surface area contributed by atoms with E-state index in [-0.39, 0.29) is 22.9 Å². The largest absolute Gasteiger partial charge is 0.469 e. The van der Waals surface area contributed by atoms with E-state index in [1.807, 2.05) is 0 Å². The van der Waals surface area contributed by atoms with Gasteiger partial charge in [0.05, 0.1) is 23.7 Å². The number of pyridine rings is 1. The fourth-order valence-corrected chi connectivity index (χ4v) is 2.28. The van der Waals surface area contributed by atoms with E-state index in [1.165, 1.54) is 19.4 Å². The Balaban J connectivity index is 2.21. The Morgan fingerprint density at radius 2 is 2.14 bits per heavy atom. The van der Waals surface area contributed by atoms with Crippen molar-refractivity contribution < 1.29 is 14.3 Å². The molecule has 0 unspecified atom stereocenters. The highest BCUT2D eigenvalue weighted by Crippen LogP contribution is 2.26. The summed E-state index contributed by atoms with van der Waals surface area (Å²) >= 11 is 6.09. The van der Waals surface area contributed by atoms with E-state index >= 15 is 0 Å². The predicted molar refractivity (Wildman–Crippen MR) is 84.0 cm³/mol. The van der Waals surface area contributed by atoms with Gasteiger partial charge in [-0.1, -0.05) is 18.5 Å². The lowest BCUT2D eigenvalue weighted by Gasteiger charge is -2.11. The first-order valence-electron chi connectivity index (χ1n) is 6.61. The Morgan fingerprint density at radius 3 is 2.82 bits per heavy atom. The summed E-state index contributed by atoms with van der Waals surface area (Å²) < 4.78 is 4.57. The maximum Gasteiger partial charge on any atom is 0.308 e. The van der Waals surface area contributed by atoms with Crippen LogP contribution in [0, 0.1) is 5.92 Å². The fraction of sp³-hybridized carbons (Fsp3) is 0.267. The quantitative estimate of drug-likeness (QED) is 0.845. The number of hydrogen-bond donors (Lipinski definition) is 2. The van der Waals surface area contributed by atoms with Crippen molar-refractivity contribution in [3.63, 3.8) is 0 Å². The van der Waals surface area contributed by atoms with E-state index in [0.29, 0.717) is 16.5 Å². The molecule has 0 bridgehead atoms. The molecule has 0 saturated heterocycles. The molecule has 0 fully saturated rings. The molecule has 22 heavy (non-hydrogen) atoms. The summed E-state index contributed by atoms with van der Waals surface area (Å²) in [4.78, 5) is 37.5. The first-order valence-corrected chi connectivity index (χ1v) is 6.98. The van der Waals surface area contributed by atoms with Gasteiger partial charge in [0.1, 0.15) is 0 Å². The summed E-state index contributed by atoms with van der Waals surface area (Å²) in [5.74, 6) is -1.36. The maximum absolute atomic E-state index is 12.0. The number of ether oxygens (including phenoxy) is 1. The normalized spacial score (nSPS) is 12.0. The number of halogens is 1. The van der Waals surface area contributed by atoms with Crippen LogP contribution in [0.25, 0.3) is 10.8 Å². The standard InChI is InChI=1S/C15H15ClN2O4/c1-8(15(21)22-2)5-13(19)18-12-6-9-3-4-17-14(20)10(9)7-11(12)16/h3-4,6-8H,5H2,1-2H3,(H,17,20)(H,18,19)/t8-/m1/s1. The molecule has 0 saturated carbocycles. The Hall–Kier alpha value is -2.34. The van der Waals surface area contributed by atoms with Crippen molar-refractivity contribution in [3.8, 4) is 0 Å². The van der Waals surface area contributed by atoms with Crippen molar-refractivity contribution in [2.75, 3.05) is 12.4 Å². The van der Waals surface area contributed by atoms with Crippen LogP contribution in [0.3, 0.4) is 0 Å². The highest BCUT2D eigenvalue weighted by atomic mass is 35.5. The van der Waals surface area contributed by atoms with Gasteiger partial charge in [-0.3, -0.25) is 14.4 Å². The second-order valence-corrected chi connectivity index (χ2v) is 5.31. The third kappa shape index (κ3) is 3.46. The number of carbonyl (C=O) groups is 2. The summed E-state index contributed by atoms with van der Waals surface area (Å²) in [5.41, 5.74) is 0.137. The number of benzene rings is 1. The van der Waals surface area contributed by atoms with Crippen LogP contribution in [0.1, 0.15) is 13.3 Å². The number of hydrogen-bond acceptors (Lipinski definition) is 4. The molecule has 0 aliphatic heterocycles. The van der Waals surface area contributed by atoms with Gasteiger partial charge in [-0.25, -0.2) is 0 Å². The van der Waals surface area contributed by atoms with E-state index < -0.39 is 11.9 Å². The zero-order valence-corrected chi connectivity index (χ0v) is 12.9. The number of aromatic nitrogens is 1. The second-order valence-electron chi connectivity index (χ2n) is 4.90. The van der Waals surface area contributed by atoms with Crippen molar-refractivity contribution in [2.45, 2.75) is 13.3 Å². The average molecular weight is 323 g/mol. The number of H-pyrrole nitrogens is 1. The van der Waals surface area contributed by atoms with Crippen molar-refractivity contribution in [1.82, 2.24) is 4.98 Å². The number of fused-ring (bicyclic) bond motifs is 1. The lowest BCUT2D eigenvalue weighted by atomic mass is 10.1. The zero-order valence-electron chi connectivity index (χ0n) is 12.1. The zero-order chi connectivity index (χ0) is 16.3. The smallest absolute Gasteiger partial charge is 0.308 e. The van der Waals surface area contributed by atoms with Crippen LogP contribution in [-0.4, -0.2) is 24.0 Å². The number of aromatic amines is 1. The van der Waals surface area contributed by atoms with Gasteiger partial charge in [-0.15, -0.1) is 0 Å². The van der Waals surface area contributed by atoms with E-state index in [0.717, 1.165) is 0 Å². The molecule has 6 nitrogen and oxygen atoms in total. The molecule has 0 aliphatic carbocycles. The number of carbonyl (C=O) groups excluding carboxylic acids is 2. The molecule has 7 heteroatoms. The van der Waals surface area contributed by atoms with Gasteiger partial charge in [0.15, 0.2) is 0 Å². The highest BCUT2D eigenvalue weighted by molar-refractivity contribution is 6.34. The number of methoxy groups -OCH3 is 1. The second kappa shape index (κ2) is 6.62. The monoisotopic (exact) mass is 322 g/mol. The minimum absolute atomic E-state index is 0.0174. The molecule has 1 atom stereocenters. The molecule has 116 valence electrons. The maximum atomic E-state index is 12.0. The first kappa shape index (κ1) is 16.0. The number of amides is 1. The SMILES string of the molecule is COC(=O)[C@H](C)CC(=O)Nc1cc2cc[nH]c(=O)c2cc1Cl. The van der Waals surface area contributed by atoms with E-state index in [9.17, 15) is 14.4 Å². The Kier molecular flexibility index (Phi) is 4.82. The van der Waals surface area contributed by atoms with E-state index in [2.05, 4.69) is 15.0 Å². The third-order valence-corrected chi connectivity index (χ3v) is 3.54. The van der Waals surface area contributed by atoms with Gasteiger partial charge in [-0.05, 0) is 23.6 Å². The van der Waals surface area contributed by atoms with E-state index in [4.69, 9.17) is 11.6 Å². The van der Waals surface area contributed by atoms with Crippen LogP contribution < -0.4 is 10.9 Å². The van der Waals surface area contributed by atoms with Crippen LogP contribution in [0.5, 0.6) is 0 Å². The molecule has 0 spiro atoms. The molecule has 1 aromatic carbocycles. The van der Waals surface area contributed by atoms with Crippen molar-refractivity contribution in [3.05, 3.63) is 39.8 Å². The van der Waals surface area contributed by atoms with Crippen LogP contribution in [0.2, 0.25) is 5.02 Å². The summed E-state index contributed by atoms with van der Waals surface area (Å²) in [7, 11) is 1.27. The molecule has 2 rings (SSSR count). The van der Waals surface area contributed by atoms with Crippen LogP contribution in [-0.2, 0) is 14.3 Å². The van der Waals surface area contributed by atoms with E-state index in [1.54, 1.807) is 19.1 Å². The highest BCUT2D eigenvalue weighted by Gasteiger charge is 2.18. The molecule has 1 amide bonds. The molecule has 1 aromatic heterocycles. The van der Waals surface area contributed by atoms with Gasteiger partial charge in [-0.2, -0.15) is 0 Å². The number of anilines is 1. The van der Waals surface area contributed by atoms with Gasteiger partial charge in [0.25, 0.3) is 5.56 Å². The van der Waals surface area contributed by atoms with Crippen LogP contribution in [0.15, 0.2) is 29.2 Å². The summed E-state index contributed by atoms with van der Waals surface area (Å²) in [6.07, 6.45) is 1.50. The van der Waals surface area contributed by atoms with Crippen LogP contribution >= 0.6 is 11.6 Å². The lowest BCUT2D eigenvalue weighted by Crippen LogP contribution is -2.21. The van der Waals surface area contributed by atoms with Gasteiger partial charge >= 0.3 is 5.97 Å². The fourth-order valence-electron chi connectivity index (χ4n) is 2.07. The molecule has 0 radical (unpaired) electrons. The molecule has 2 N–H and O–H groups in total. The summed E-state index contributed by atoms with van der Waals surface area (Å²) in [5, 5.41) is 3.99. The number of nitrogens with one attached hydrogen (secondary N) is 2. The lowest BCUT2D eigenvalue weighted by molar-refractivity contribution is -0.146. The molecular formula is C15H15ClN2O4. The predicted octanol–water partition coefficient (Wildman–Crippen LogP) is 2.32. The topological polar surface area (TPSA) is 88.3 Å². The Bertz CT molecular complexity index is 785.